The van der Waals surface area contributed by atoms with E-state index in [0.29, 0.717) is 33.5 Å². The maximum Gasteiger partial charge on any atom is 0.267 e. The molecule has 0 aliphatic carbocycles. The van der Waals surface area contributed by atoms with Crippen LogP contribution in [0.15, 0.2) is 42.6 Å². The van der Waals surface area contributed by atoms with Gasteiger partial charge in [-0.05, 0) is 48.3 Å². The molecule has 2 aromatic carbocycles. The number of ether oxygens (including phenoxy) is 3. The fourth-order valence-electron chi connectivity index (χ4n) is 2.86. The molecule has 0 saturated heterocycles. The Morgan fingerprint density at radius 2 is 1.70 bits per heavy atom. The third kappa shape index (κ3) is 4.36. The first-order valence-corrected chi connectivity index (χ1v) is 9.68. The van der Waals surface area contributed by atoms with Crippen LogP contribution in [0.4, 0.5) is 11.4 Å². The zero-order valence-corrected chi connectivity index (χ0v) is 17.8. The lowest BCUT2D eigenvalue weighted by Crippen LogP contribution is -2.16. The number of rotatable bonds is 7. The van der Waals surface area contributed by atoms with Gasteiger partial charge in [0.15, 0.2) is 11.5 Å². The highest BCUT2D eigenvalue weighted by Crippen LogP contribution is 2.37. The molecule has 0 saturated carbocycles. The number of para-hydroxylation sites is 1. The van der Waals surface area contributed by atoms with Gasteiger partial charge >= 0.3 is 0 Å². The van der Waals surface area contributed by atoms with Gasteiger partial charge in [-0.1, -0.05) is 12.1 Å². The van der Waals surface area contributed by atoms with Crippen LogP contribution >= 0.6 is 11.5 Å². The molecule has 0 unspecified atom stereocenters. The van der Waals surface area contributed by atoms with Gasteiger partial charge in [0.25, 0.3) is 11.8 Å². The second-order valence-electron chi connectivity index (χ2n) is 6.20. The highest BCUT2D eigenvalue weighted by molar-refractivity contribution is 7.08. The molecular weight excluding hydrogens is 406 g/mol. The van der Waals surface area contributed by atoms with Crippen molar-refractivity contribution < 1.29 is 23.8 Å². The maximum absolute atomic E-state index is 13.0. The van der Waals surface area contributed by atoms with Crippen molar-refractivity contribution in [3.05, 3.63) is 58.6 Å². The first kappa shape index (κ1) is 21.1. The van der Waals surface area contributed by atoms with Gasteiger partial charge < -0.3 is 24.8 Å². The summed E-state index contributed by atoms with van der Waals surface area (Å²) in [4.78, 5) is 25.9. The Hall–Kier alpha value is -3.59. The van der Waals surface area contributed by atoms with Gasteiger partial charge in [-0.2, -0.15) is 0 Å². The number of anilines is 2. The Kier molecular flexibility index (Phi) is 6.53. The topological polar surface area (TPSA) is 98.8 Å². The Bertz CT molecular complexity index is 1070. The number of hydrogen-bond donors (Lipinski definition) is 2. The molecule has 0 aliphatic rings. The van der Waals surface area contributed by atoms with Gasteiger partial charge in [0.2, 0.25) is 0 Å². The highest BCUT2D eigenvalue weighted by atomic mass is 32.1. The summed E-state index contributed by atoms with van der Waals surface area (Å²) in [6.45, 7) is 1.87. The Balaban J connectivity index is 1.97. The average Bonchev–Trinajstić information content (AvgIpc) is 3.29. The molecule has 2 amide bonds. The van der Waals surface area contributed by atoms with E-state index in [0.717, 1.165) is 17.1 Å². The van der Waals surface area contributed by atoms with Crippen molar-refractivity contribution >= 4 is 34.7 Å². The fraction of sp³-hybridized carbons (Fsp3) is 0.190. The lowest BCUT2D eigenvalue weighted by Gasteiger charge is -2.17. The third-order valence-electron chi connectivity index (χ3n) is 4.34. The Morgan fingerprint density at radius 3 is 2.33 bits per heavy atom. The van der Waals surface area contributed by atoms with Crippen LogP contribution in [-0.2, 0) is 0 Å². The number of nitrogens with one attached hydrogen (secondary N) is 2. The molecule has 3 rings (SSSR count). The van der Waals surface area contributed by atoms with Crippen molar-refractivity contribution in [3.8, 4) is 17.2 Å². The monoisotopic (exact) mass is 427 g/mol. The van der Waals surface area contributed by atoms with Gasteiger partial charge in [-0.25, -0.2) is 4.37 Å². The van der Waals surface area contributed by atoms with Crippen molar-refractivity contribution in [2.75, 3.05) is 32.0 Å². The number of nitrogens with zero attached hydrogens (tertiary/aromatic N) is 1. The van der Waals surface area contributed by atoms with Crippen LogP contribution in [0.25, 0.3) is 0 Å². The van der Waals surface area contributed by atoms with Gasteiger partial charge in [0.1, 0.15) is 10.6 Å². The third-order valence-corrected chi connectivity index (χ3v) is 5.09. The molecule has 0 atom stereocenters. The first-order valence-electron chi connectivity index (χ1n) is 8.91. The van der Waals surface area contributed by atoms with E-state index in [2.05, 4.69) is 15.0 Å². The second-order valence-corrected chi connectivity index (χ2v) is 7.03. The van der Waals surface area contributed by atoms with Crippen LogP contribution in [0.2, 0.25) is 0 Å². The van der Waals surface area contributed by atoms with Crippen LogP contribution < -0.4 is 24.8 Å². The van der Waals surface area contributed by atoms with Crippen LogP contribution in [0, 0.1) is 6.92 Å². The second kappa shape index (κ2) is 9.27. The molecular formula is C21H21N3O5S. The van der Waals surface area contributed by atoms with Crippen LogP contribution in [0.5, 0.6) is 17.2 Å². The zero-order chi connectivity index (χ0) is 21.7. The summed E-state index contributed by atoms with van der Waals surface area (Å²) in [5, 5.41) is 5.62. The van der Waals surface area contributed by atoms with Crippen molar-refractivity contribution in [2.45, 2.75) is 6.92 Å². The number of aryl methyl sites for hydroxylation is 1. The van der Waals surface area contributed by atoms with E-state index in [9.17, 15) is 9.59 Å². The molecule has 9 heteroatoms. The molecule has 2 N–H and O–H groups in total. The minimum absolute atomic E-state index is 0.276. The molecule has 0 radical (unpaired) electrons. The van der Waals surface area contributed by atoms with Gasteiger partial charge in [-0.3, -0.25) is 9.59 Å². The number of methoxy groups -OCH3 is 3. The van der Waals surface area contributed by atoms with E-state index in [1.54, 1.807) is 18.2 Å². The molecule has 156 valence electrons. The van der Waals surface area contributed by atoms with E-state index in [-0.39, 0.29) is 11.5 Å². The smallest absolute Gasteiger partial charge is 0.267 e. The number of carbonyl (C=O) groups is 2. The van der Waals surface area contributed by atoms with Gasteiger partial charge in [0, 0.05) is 11.8 Å². The molecule has 0 fully saturated rings. The molecule has 0 bridgehead atoms. The summed E-state index contributed by atoms with van der Waals surface area (Å²) in [5.41, 5.74) is 1.99. The minimum atomic E-state index is -0.392. The lowest BCUT2D eigenvalue weighted by molar-refractivity contribution is 0.101. The van der Waals surface area contributed by atoms with Crippen LogP contribution in [-0.4, -0.2) is 37.5 Å². The predicted molar refractivity (Wildman–Crippen MR) is 115 cm³/mol. The first-order chi connectivity index (χ1) is 14.5. The number of hydrogen-bond acceptors (Lipinski definition) is 7. The molecule has 3 aromatic rings. The molecule has 30 heavy (non-hydrogen) atoms. The molecule has 0 spiro atoms. The van der Waals surface area contributed by atoms with Crippen LogP contribution in [0.1, 0.15) is 25.6 Å². The van der Waals surface area contributed by atoms with Gasteiger partial charge in [-0.15, -0.1) is 0 Å². The Labute approximate surface area is 177 Å². The van der Waals surface area contributed by atoms with E-state index >= 15 is 0 Å². The summed E-state index contributed by atoms with van der Waals surface area (Å²) in [6.07, 6.45) is 1.54. The Morgan fingerprint density at radius 1 is 0.933 bits per heavy atom. The largest absolute Gasteiger partial charge is 0.495 e. The average molecular weight is 427 g/mol. The van der Waals surface area contributed by atoms with E-state index in [1.807, 2.05) is 19.1 Å². The number of amides is 2. The van der Waals surface area contributed by atoms with E-state index in [1.165, 1.54) is 33.6 Å². The fourth-order valence-corrected chi connectivity index (χ4v) is 3.35. The molecule has 1 heterocycles. The van der Waals surface area contributed by atoms with Crippen molar-refractivity contribution in [3.63, 3.8) is 0 Å². The summed E-state index contributed by atoms with van der Waals surface area (Å²) in [7, 11) is 4.45. The van der Waals surface area contributed by atoms with Crippen molar-refractivity contribution in [2.24, 2.45) is 0 Å². The van der Waals surface area contributed by atoms with Gasteiger partial charge in [0.05, 0.1) is 32.7 Å². The summed E-state index contributed by atoms with van der Waals surface area (Å²) < 4.78 is 20.0. The molecule has 0 aliphatic heterocycles. The summed E-state index contributed by atoms with van der Waals surface area (Å²) >= 11 is 1.06. The van der Waals surface area contributed by atoms with E-state index in [4.69, 9.17) is 14.2 Å². The van der Waals surface area contributed by atoms with Crippen molar-refractivity contribution in [1.29, 1.82) is 0 Å². The quantitative estimate of drug-likeness (QED) is 0.592. The number of benzene rings is 2. The SMILES string of the molecule is COc1cccc(C)c1NC(=O)c1cc(NC(=O)c2ccns2)c(OC)c(OC)c1. The highest BCUT2D eigenvalue weighted by Gasteiger charge is 2.20. The van der Waals surface area contributed by atoms with Crippen LogP contribution in [0.3, 0.4) is 0 Å². The molecule has 8 nitrogen and oxygen atoms in total. The van der Waals surface area contributed by atoms with E-state index < -0.39 is 5.91 Å². The maximum atomic E-state index is 13.0. The van der Waals surface area contributed by atoms with Crippen molar-refractivity contribution in [1.82, 2.24) is 4.37 Å². The number of carbonyl (C=O) groups excluding carboxylic acids is 2. The normalized spacial score (nSPS) is 10.3. The summed E-state index contributed by atoms with van der Waals surface area (Å²) in [5.74, 6) is 0.400. The standard InChI is InChI=1S/C21H21N3O5S/c1-12-6-5-7-15(27-2)18(12)24-20(25)13-10-14(19(29-4)16(11-13)28-3)23-21(26)17-8-9-22-30-17/h5-11H,1-4H3,(H,23,26)(H,24,25). The lowest BCUT2D eigenvalue weighted by atomic mass is 10.1. The molecule has 1 aromatic heterocycles. The zero-order valence-electron chi connectivity index (χ0n) is 16.9. The minimum Gasteiger partial charge on any atom is -0.495 e. The number of aromatic nitrogens is 1. The summed E-state index contributed by atoms with van der Waals surface area (Å²) in [6, 6.07) is 10.1. The predicted octanol–water partition coefficient (Wildman–Crippen LogP) is 3.98.